The Labute approximate surface area is 151 Å². The summed E-state index contributed by atoms with van der Waals surface area (Å²) in [4.78, 5) is 13.5. The standard InChI is InChI=1S/C20H20N2O2S/c1-24-17-10-5-9-16(13-17)22-19(23)14-21-20(18-11-6-12-25-18)15-7-3-2-4-8-15/h2-13,20-21H,14H2,1H3,(H,22,23)/t20-/m0/s1. The number of carbonyl (C=O) groups excluding carboxylic acids is 1. The summed E-state index contributed by atoms with van der Waals surface area (Å²) in [5, 5.41) is 8.29. The van der Waals surface area contributed by atoms with Crippen LogP contribution in [-0.4, -0.2) is 19.6 Å². The van der Waals surface area contributed by atoms with E-state index in [4.69, 9.17) is 4.74 Å². The van der Waals surface area contributed by atoms with Gasteiger partial charge in [-0.15, -0.1) is 11.3 Å². The fourth-order valence-corrected chi connectivity index (χ4v) is 3.41. The molecule has 2 N–H and O–H groups in total. The van der Waals surface area contributed by atoms with E-state index in [1.165, 1.54) is 4.88 Å². The van der Waals surface area contributed by atoms with Gasteiger partial charge in [0.2, 0.25) is 5.91 Å². The lowest BCUT2D eigenvalue weighted by molar-refractivity contribution is -0.115. The van der Waals surface area contributed by atoms with Crippen molar-refractivity contribution in [1.82, 2.24) is 5.32 Å². The van der Waals surface area contributed by atoms with E-state index in [1.807, 2.05) is 47.8 Å². The minimum Gasteiger partial charge on any atom is -0.497 e. The lowest BCUT2D eigenvalue weighted by Gasteiger charge is -2.18. The number of anilines is 1. The maximum Gasteiger partial charge on any atom is 0.238 e. The van der Waals surface area contributed by atoms with Gasteiger partial charge < -0.3 is 10.1 Å². The molecule has 0 aliphatic carbocycles. The summed E-state index contributed by atoms with van der Waals surface area (Å²) < 4.78 is 5.18. The number of hydrogen-bond donors (Lipinski definition) is 2. The SMILES string of the molecule is COc1cccc(NC(=O)CN[C@@H](c2ccccc2)c2cccs2)c1. The normalized spacial score (nSPS) is 11.7. The third-order valence-electron chi connectivity index (χ3n) is 3.78. The Morgan fingerprint density at radius 3 is 2.64 bits per heavy atom. The van der Waals surface area contributed by atoms with E-state index >= 15 is 0 Å². The van der Waals surface area contributed by atoms with Gasteiger partial charge in [0.1, 0.15) is 5.75 Å². The van der Waals surface area contributed by atoms with E-state index in [-0.39, 0.29) is 18.5 Å². The quantitative estimate of drug-likeness (QED) is 0.674. The van der Waals surface area contributed by atoms with Gasteiger partial charge in [-0.25, -0.2) is 0 Å². The number of ether oxygens (including phenoxy) is 1. The Kier molecular flexibility index (Phi) is 5.82. The lowest BCUT2D eigenvalue weighted by Crippen LogP contribution is -2.31. The number of nitrogens with one attached hydrogen (secondary N) is 2. The van der Waals surface area contributed by atoms with Crippen LogP contribution in [-0.2, 0) is 4.79 Å². The summed E-state index contributed by atoms with van der Waals surface area (Å²) in [5.74, 6) is 0.622. The van der Waals surface area contributed by atoms with Gasteiger partial charge >= 0.3 is 0 Å². The highest BCUT2D eigenvalue weighted by molar-refractivity contribution is 7.10. The predicted molar refractivity (Wildman–Crippen MR) is 102 cm³/mol. The molecule has 0 aliphatic heterocycles. The van der Waals surface area contributed by atoms with E-state index in [9.17, 15) is 4.79 Å². The number of benzene rings is 2. The van der Waals surface area contributed by atoms with E-state index in [2.05, 4.69) is 28.8 Å². The molecule has 1 heterocycles. The van der Waals surface area contributed by atoms with Gasteiger partial charge in [-0.05, 0) is 29.1 Å². The predicted octanol–water partition coefficient (Wildman–Crippen LogP) is 4.07. The molecule has 0 bridgehead atoms. The molecule has 1 amide bonds. The monoisotopic (exact) mass is 352 g/mol. The highest BCUT2D eigenvalue weighted by Crippen LogP contribution is 2.25. The van der Waals surface area contributed by atoms with Crippen LogP contribution in [0.15, 0.2) is 72.1 Å². The Bertz CT molecular complexity index is 804. The van der Waals surface area contributed by atoms with Crippen LogP contribution in [0.2, 0.25) is 0 Å². The molecule has 5 heteroatoms. The minimum absolute atomic E-state index is 0.00254. The highest BCUT2D eigenvalue weighted by Gasteiger charge is 2.16. The zero-order valence-corrected chi connectivity index (χ0v) is 14.8. The smallest absolute Gasteiger partial charge is 0.238 e. The summed E-state index contributed by atoms with van der Waals surface area (Å²) in [6, 6.07) is 21.6. The molecule has 0 radical (unpaired) electrons. The van der Waals surface area contributed by atoms with Crippen LogP contribution in [0.5, 0.6) is 5.75 Å². The van der Waals surface area contributed by atoms with Crippen LogP contribution >= 0.6 is 11.3 Å². The van der Waals surface area contributed by atoms with Gasteiger partial charge in [-0.3, -0.25) is 10.1 Å². The van der Waals surface area contributed by atoms with E-state index in [0.29, 0.717) is 5.75 Å². The van der Waals surface area contributed by atoms with Crippen molar-refractivity contribution in [3.63, 3.8) is 0 Å². The first-order valence-electron chi connectivity index (χ1n) is 8.02. The second kappa shape index (κ2) is 8.46. The van der Waals surface area contributed by atoms with Crippen LogP contribution in [0.3, 0.4) is 0 Å². The summed E-state index contributed by atoms with van der Waals surface area (Å²) >= 11 is 1.68. The number of amides is 1. The Morgan fingerprint density at radius 1 is 1.08 bits per heavy atom. The number of carbonyl (C=O) groups is 1. The molecular formula is C20H20N2O2S. The average Bonchev–Trinajstić information content (AvgIpc) is 3.17. The van der Waals surface area contributed by atoms with Crippen molar-refractivity contribution < 1.29 is 9.53 Å². The molecule has 0 spiro atoms. The first kappa shape index (κ1) is 17.2. The van der Waals surface area contributed by atoms with Crippen molar-refractivity contribution in [1.29, 1.82) is 0 Å². The highest BCUT2D eigenvalue weighted by atomic mass is 32.1. The van der Waals surface area contributed by atoms with E-state index in [1.54, 1.807) is 24.5 Å². The molecule has 0 aliphatic rings. The minimum atomic E-state index is -0.0919. The zero-order valence-electron chi connectivity index (χ0n) is 13.9. The maximum atomic E-state index is 12.3. The van der Waals surface area contributed by atoms with Crippen LogP contribution in [0, 0.1) is 0 Å². The largest absolute Gasteiger partial charge is 0.497 e. The zero-order chi connectivity index (χ0) is 17.5. The lowest BCUT2D eigenvalue weighted by atomic mass is 10.1. The van der Waals surface area contributed by atoms with Crippen LogP contribution in [0.1, 0.15) is 16.5 Å². The summed E-state index contributed by atoms with van der Waals surface area (Å²) in [5.41, 5.74) is 1.86. The van der Waals surface area contributed by atoms with Gasteiger partial charge in [0.05, 0.1) is 19.7 Å². The molecule has 2 aromatic carbocycles. The third-order valence-corrected chi connectivity index (χ3v) is 4.72. The first-order chi connectivity index (χ1) is 12.3. The Morgan fingerprint density at radius 2 is 1.92 bits per heavy atom. The second-order valence-corrected chi connectivity index (χ2v) is 6.50. The molecule has 0 saturated heterocycles. The van der Waals surface area contributed by atoms with Crippen LogP contribution in [0.4, 0.5) is 5.69 Å². The van der Waals surface area contributed by atoms with Gasteiger partial charge in [0, 0.05) is 16.6 Å². The molecule has 1 atom stereocenters. The van der Waals surface area contributed by atoms with Crippen molar-refractivity contribution >= 4 is 22.9 Å². The average molecular weight is 352 g/mol. The number of thiophene rings is 1. The number of rotatable bonds is 7. The van der Waals surface area contributed by atoms with Gasteiger partial charge in [0.15, 0.2) is 0 Å². The van der Waals surface area contributed by atoms with Crippen LogP contribution < -0.4 is 15.4 Å². The van der Waals surface area contributed by atoms with Gasteiger partial charge in [-0.2, -0.15) is 0 Å². The van der Waals surface area contributed by atoms with Gasteiger partial charge in [-0.1, -0.05) is 42.5 Å². The van der Waals surface area contributed by atoms with Crippen molar-refractivity contribution in [2.75, 3.05) is 19.0 Å². The topological polar surface area (TPSA) is 50.4 Å². The van der Waals surface area contributed by atoms with Crippen LogP contribution in [0.25, 0.3) is 0 Å². The molecule has 3 aromatic rings. The Hall–Kier alpha value is -2.63. The van der Waals surface area contributed by atoms with Crippen molar-refractivity contribution in [2.45, 2.75) is 6.04 Å². The molecule has 0 saturated carbocycles. The first-order valence-corrected chi connectivity index (χ1v) is 8.90. The summed E-state index contributed by atoms with van der Waals surface area (Å²) in [6.07, 6.45) is 0. The number of methoxy groups -OCH3 is 1. The fourth-order valence-electron chi connectivity index (χ4n) is 2.58. The molecule has 4 nitrogen and oxygen atoms in total. The van der Waals surface area contributed by atoms with Gasteiger partial charge in [0.25, 0.3) is 0 Å². The molecule has 128 valence electrons. The molecule has 0 unspecified atom stereocenters. The molecular weight excluding hydrogens is 332 g/mol. The summed E-state index contributed by atoms with van der Waals surface area (Å²) in [7, 11) is 1.61. The van der Waals surface area contributed by atoms with Crippen molar-refractivity contribution in [3.05, 3.63) is 82.6 Å². The maximum absolute atomic E-state index is 12.3. The Balaban J connectivity index is 1.66. The van der Waals surface area contributed by atoms with E-state index < -0.39 is 0 Å². The third kappa shape index (κ3) is 4.68. The molecule has 1 aromatic heterocycles. The molecule has 25 heavy (non-hydrogen) atoms. The molecule has 0 fully saturated rings. The van der Waals surface area contributed by atoms with Crippen molar-refractivity contribution in [3.8, 4) is 5.75 Å². The summed E-state index contributed by atoms with van der Waals surface area (Å²) in [6.45, 7) is 0.217. The van der Waals surface area contributed by atoms with Crippen molar-refractivity contribution in [2.24, 2.45) is 0 Å². The molecule has 3 rings (SSSR count). The van der Waals surface area contributed by atoms with E-state index in [0.717, 1.165) is 11.3 Å². The number of hydrogen-bond acceptors (Lipinski definition) is 4. The fraction of sp³-hybridized carbons (Fsp3) is 0.150. The second-order valence-electron chi connectivity index (χ2n) is 5.52.